The molecule has 0 aliphatic rings. The van der Waals surface area contributed by atoms with E-state index in [0.29, 0.717) is 0 Å². The Morgan fingerprint density at radius 1 is 1.00 bits per heavy atom. The molecule has 0 unspecified atom stereocenters. The topological polar surface area (TPSA) is 77.2 Å². The average Bonchev–Trinajstić information content (AvgIpc) is 0.722. The van der Waals surface area contributed by atoms with E-state index in [1.165, 1.54) is 0 Å². The first-order valence-corrected chi connectivity index (χ1v) is 1.72. The van der Waals surface area contributed by atoms with E-state index in [1.807, 2.05) is 0 Å². The maximum Gasteiger partial charge on any atom is 4.00 e. The first kappa shape index (κ1) is 23.7. The standard InChI is InChI=1S/C4H10O.2O.V/c1-4(2,3)5;;;/h5H,1-3H3;;;/q;2*-2;+4. The summed E-state index contributed by atoms with van der Waals surface area (Å²) in [4.78, 5) is 0. The molecule has 0 fully saturated rings. The van der Waals surface area contributed by atoms with Crippen molar-refractivity contribution in [1.82, 2.24) is 0 Å². The van der Waals surface area contributed by atoms with Crippen LogP contribution in [0.25, 0.3) is 0 Å². The van der Waals surface area contributed by atoms with E-state index in [1.54, 1.807) is 20.8 Å². The van der Waals surface area contributed by atoms with Crippen LogP contribution in [-0.4, -0.2) is 10.7 Å². The van der Waals surface area contributed by atoms with Crippen molar-refractivity contribution < 1.29 is 34.6 Å². The molecule has 0 saturated heterocycles. The molecule has 0 aromatic heterocycles. The van der Waals surface area contributed by atoms with Crippen LogP contribution < -0.4 is 0 Å². The summed E-state index contributed by atoms with van der Waals surface area (Å²) in [5.41, 5.74) is -0.500. The minimum absolute atomic E-state index is 0. The fourth-order valence-electron chi connectivity index (χ4n) is 0. The van der Waals surface area contributed by atoms with Crippen LogP contribution >= 0.6 is 0 Å². The van der Waals surface area contributed by atoms with Gasteiger partial charge in [-0.15, -0.1) is 0 Å². The molecule has 1 radical (unpaired) electrons. The van der Waals surface area contributed by atoms with Crippen LogP contribution in [0.15, 0.2) is 0 Å². The van der Waals surface area contributed by atoms with Crippen molar-refractivity contribution >= 4 is 0 Å². The Morgan fingerprint density at radius 3 is 1.00 bits per heavy atom. The molecule has 0 aliphatic carbocycles. The van der Waals surface area contributed by atoms with Gasteiger partial charge in [-0.05, 0) is 20.8 Å². The molecule has 0 amide bonds. The maximum absolute atomic E-state index is 8.52. The normalized spacial score (nSPS) is 7.50. The van der Waals surface area contributed by atoms with Gasteiger partial charge in [0.15, 0.2) is 0 Å². The Bertz CT molecular complexity index is 26.8. The van der Waals surface area contributed by atoms with Crippen LogP contribution in [0.3, 0.4) is 0 Å². The Balaban J connectivity index is -0.0000000267. The number of aliphatic hydroxyl groups is 1. The van der Waals surface area contributed by atoms with E-state index in [0.717, 1.165) is 0 Å². The molecule has 0 aliphatic heterocycles. The summed E-state index contributed by atoms with van der Waals surface area (Å²) in [6, 6.07) is 0. The van der Waals surface area contributed by atoms with Crippen LogP contribution in [-0.2, 0) is 29.5 Å². The Hall–Kier alpha value is 0.464. The van der Waals surface area contributed by atoms with Gasteiger partial charge in [0.05, 0.1) is 5.60 Å². The summed E-state index contributed by atoms with van der Waals surface area (Å²) >= 11 is 0. The summed E-state index contributed by atoms with van der Waals surface area (Å²) in [6.07, 6.45) is 0. The van der Waals surface area contributed by atoms with E-state index in [2.05, 4.69) is 0 Å². The van der Waals surface area contributed by atoms with Crippen LogP contribution in [0.1, 0.15) is 20.8 Å². The van der Waals surface area contributed by atoms with Crippen molar-refractivity contribution in [2.45, 2.75) is 26.4 Å². The molecule has 4 heteroatoms. The summed E-state index contributed by atoms with van der Waals surface area (Å²) < 4.78 is 0. The first-order valence-electron chi connectivity index (χ1n) is 1.72. The van der Waals surface area contributed by atoms with E-state index in [-0.39, 0.29) is 29.5 Å². The minimum Gasteiger partial charge on any atom is -2.00 e. The van der Waals surface area contributed by atoms with Crippen molar-refractivity contribution in [2.75, 3.05) is 0 Å². The molecule has 8 heavy (non-hydrogen) atoms. The van der Waals surface area contributed by atoms with Gasteiger partial charge < -0.3 is 16.1 Å². The maximum atomic E-state index is 8.52. The van der Waals surface area contributed by atoms with Crippen molar-refractivity contribution in [2.24, 2.45) is 0 Å². The Labute approximate surface area is 61.6 Å². The summed E-state index contributed by atoms with van der Waals surface area (Å²) in [5.74, 6) is 0. The minimum atomic E-state index is -0.500. The van der Waals surface area contributed by atoms with Gasteiger partial charge in [0.25, 0.3) is 0 Å². The van der Waals surface area contributed by atoms with Crippen molar-refractivity contribution in [1.29, 1.82) is 0 Å². The molecular formula is C4H10O3V. The van der Waals surface area contributed by atoms with Crippen LogP contribution in [0.2, 0.25) is 0 Å². The predicted molar refractivity (Wildman–Crippen MR) is 23.3 cm³/mol. The van der Waals surface area contributed by atoms with Gasteiger partial charge in [-0.1, -0.05) is 0 Å². The van der Waals surface area contributed by atoms with Crippen LogP contribution in [0.4, 0.5) is 0 Å². The third kappa shape index (κ3) is 895. The zero-order valence-corrected chi connectivity index (χ0v) is 6.61. The van der Waals surface area contributed by atoms with E-state index in [4.69, 9.17) is 5.11 Å². The Kier molecular flexibility index (Phi) is 22.1. The number of hydrogen-bond donors (Lipinski definition) is 1. The zero-order chi connectivity index (χ0) is 4.50. The molecule has 0 bridgehead atoms. The molecule has 0 spiro atoms. The van der Waals surface area contributed by atoms with Crippen LogP contribution in [0.5, 0.6) is 0 Å². The van der Waals surface area contributed by atoms with Gasteiger partial charge in [-0.2, -0.15) is 0 Å². The fourth-order valence-corrected chi connectivity index (χ4v) is 0. The summed E-state index contributed by atoms with van der Waals surface area (Å²) in [6.45, 7) is 5.23. The molecule has 0 atom stereocenters. The van der Waals surface area contributed by atoms with Gasteiger partial charge in [-0.3, -0.25) is 0 Å². The van der Waals surface area contributed by atoms with Gasteiger partial charge in [0.2, 0.25) is 0 Å². The molecule has 3 nitrogen and oxygen atoms in total. The smallest absolute Gasteiger partial charge is 2.00 e. The predicted octanol–water partition coefficient (Wildman–Crippen LogP) is 0.537. The fraction of sp³-hybridized carbons (Fsp3) is 1.00. The number of hydrogen-bond acceptors (Lipinski definition) is 1. The van der Waals surface area contributed by atoms with Crippen molar-refractivity contribution in [3.63, 3.8) is 0 Å². The second-order valence-electron chi connectivity index (χ2n) is 2.17. The summed E-state index contributed by atoms with van der Waals surface area (Å²) in [5, 5.41) is 8.52. The molecule has 0 saturated carbocycles. The molecule has 49 valence electrons. The molecular weight excluding hydrogens is 147 g/mol. The molecule has 0 heterocycles. The van der Waals surface area contributed by atoms with E-state index < -0.39 is 5.60 Å². The SMILES string of the molecule is CC(C)(C)O.[O-2].[O-2].[V+4]. The zero-order valence-electron chi connectivity index (χ0n) is 5.21. The van der Waals surface area contributed by atoms with E-state index in [9.17, 15) is 0 Å². The number of rotatable bonds is 0. The largest absolute Gasteiger partial charge is 4.00 e. The monoisotopic (exact) mass is 157 g/mol. The quantitative estimate of drug-likeness (QED) is 0.547. The average molecular weight is 157 g/mol. The third-order valence-corrected chi connectivity index (χ3v) is 0. The van der Waals surface area contributed by atoms with Crippen molar-refractivity contribution in [3.8, 4) is 0 Å². The molecule has 0 aromatic carbocycles. The second kappa shape index (κ2) is 7.46. The third-order valence-electron chi connectivity index (χ3n) is 0. The van der Waals surface area contributed by atoms with Crippen molar-refractivity contribution in [3.05, 3.63) is 0 Å². The van der Waals surface area contributed by atoms with Gasteiger partial charge in [0.1, 0.15) is 0 Å². The Morgan fingerprint density at radius 2 is 1.00 bits per heavy atom. The summed E-state index contributed by atoms with van der Waals surface area (Å²) in [7, 11) is 0. The molecule has 1 N–H and O–H groups in total. The molecule has 0 aromatic rings. The van der Waals surface area contributed by atoms with Gasteiger partial charge >= 0.3 is 18.6 Å². The van der Waals surface area contributed by atoms with E-state index >= 15 is 0 Å². The first-order chi connectivity index (χ1) is 2.00. The second-order valence-corrected chi connectivity index (χ2v) is 2.17. The molecule has 0 rings (SSSR count). The van der Waals surface area contributed by atoms with Crippen LogP contribution in [0, 0.1) is 0 Å². The van der Waals surface area contributed by atoms with Gasteiger partial charge in [0, 0.05) is 0 Å². The van der Waals surface area contributed by atoms with Gasteiger partial charge in [-0.25, -0.2) is 0 Å².